The van der Waals surface area contributed by atoms with E-state index in [1.807, 2.05) is 23.9 Å². The molecule has 1 aromatic carbocycles. The SMILES string of the molecule is CCn1ncc2c1-c1cnc(N)c(c1)O[C@H](C)c1cc(C)ccc1-c1ncc(OC)cc1C2. The summed E-state index contributed by atoms with van der Waals surface area (Å²) in [6, 6.07) is 10.4. The smallest absolute Gasteiger partial charge is 0.166 e. The average molecular weight is 442 g/mol. The van der Waals surface area contributed by atoms with Gasteiger partial charge < -0.3 is 15.2 Å². The molecule has 1 aliphatic heterocycles. The number of nitrogens with two attached hydrogens (primary N) is 1. The van der Waals surface area contributed by atoms with Gasteiger partial charge in [-0.15, -0.1) is 0 Å². The van der Waals surface area contributed by atoms with Crippen molar-refractivity contribution >= 4 is 5.82 Å². The van der Waals surface area contributed by atoms with Crippen LogP contribution >= 0.6 is 0 Å². The Kier molecular flexibility index (Phi) is 5.24. The van der Waals surface area contributed by atoms with Gasteiger partial charge in [0.15, 0.2) is 11.6 Å². The minimum atomic E-state index is -0.258. The van der Waals surface area contributed by atoms with Crippen molar-refractivity contribution in [3.05, 3.63) is 71.2 Å². The number of methoxy groups -OCH3 is 1. The third kappa shape index (κ3) is 3.69. The molecule has 3 aromatic heterocycles. The Balaban J connectivity index is 1.82. The fourth-order valence-electron chi connectivity index (χ4n) is 4.48. The van der Waals surface area contributed by atoms with Crippen LogP contribution in [0.3, 0.4) is 0 Å². The lowest BCUT2D eigenvalue weighted by atomic mass is 9.92. The van der Waals surface area contributed by atoms with Crippen molar-refractivity contribution in [3.63, 3.8) is 0 Å². The van der Waals surface area contributed by atoms with Gasteiger partial charge in [0.2, 0.25) is 0 Å². The van der Waals surface area contributed by atoms with Gasteiger partial charge >= 0.3 is 0 Å². The predicted octanol–water partition coefficient (Wildman–Crippen LogP) is 4.97. The van der Waals surface area contributed by atoms with Gasteiger partial charge in [-0.05, 0) is 38.5 Å². The van der Waals surface area contributed by atoms with Gasteiger partial charge in [-0.25, -0.2) is 4.98 Å². The van der Waals surface area contributed by atoms with E-state index in [1.165, 1.54) is 0 Å². The summed E-state index contributed by atoms with van der Waals surface area (Å²) >= 11 is 0. The van der Waals surface area contributed by atoms with Crippen molar-refractivity contribution in [2.45, 2.75) is 39.8 Å². The largest absolute Gasteiger partial charge is 0.495 e. The van der Waals surface area contributed by atoms with E-state index in [9.17, 15) is 0 Å². The first-order chi connectivity index (χ1) is 16.0. The fraction of sp³-hybridized carbons (Fsp3) is 0.269. The van der Waals surface area contributed by atoms with Gasteiger partial charge in [-0.2, -0.15) is 5.10 Å². The molecule has 0 saturated heterocycles. The lowest BCUT2D eigenvalue weighted by molar-refractivity contribution is 0.228. The van der Waals surface area contributed by atoms with Crippen LogP contribution in [-0.2, 0) is 13.0 Å². The van der Waals surface area contributed by atoms with Crippen LogP contribution in [0.1, 0.15) is 42.2 Å². The van der Waals surface area contributed by atoms with Crippen LogP contribution in [0.2, 0.25) is 0 Å². The van der Waals surface area contributed by atoms with Crippen molar-refractivity contribution in [1.82, 2.24) is 19.7 Å². The molecule has 0 radical (unpaired) electrons. The van der Waals surface area contributed by atoms with Crippen LogP contribution in [0, 0.1) is 6.92 Å². The molecular weight excluding hydrogens is 414 g/mol. The number of nitrogen functional groups attached to an aromatic ring is 1. The van der Waals surface area contributed by atoms with Crippen LogP contribution in [0.15, 0.2) is 48.9 Å². The maximum absolute atomic E-state index is 6.40. The van der Waals surface area contributed by atoms with Gasteiger partial charge in [-0.3, -0.25) is 9.67 Å². The summed E-state index contributed by atoms with van der Waals surface area (Å²) in [5.74, 6) is 1.65. The number of pyridine rings is 2. The summed E-state index contributed by atoms with van der Waals surface area (Å²) in [7, 11) is 1.66. The van der Waals surface area contributed by atoms with Crippen LogP contribution in [0.4, 0.5) is 5.82 Å². The minimum absolute atomic E-state index is 0.258. The molecule has 0 aliphatic carbocycles. The van der Waals surface area contributed by atoms with Gasteiger partial charge in [0.25, 0.3) is 0 Å². The van der Waals surface area contributed by atoms with Gasteiger partial charge in [-0.1, -0.05) is 23.8 Å². The van der Waals surface area contributed by atoms with Crippen molar-refractivity contribution in [1.29, 1.82) is 0 Å². The second-order valence-corrected chi connectivity index (χ2v) is 8.35. The number of hydrogen-bond acceptors (Lipinski definition) is 6. The van der Waals surface area contributed by atoms with Crippen molar-refractivity contribution < 1.29 is 9.47 Å². The maximum atomic E-state index is 6.40. The number of fused-ring (bicyclic) bond motifs is 7. The highest BCUT2D eigenvalue weighted by atomic mass is 16.5. The highest BCUT2D eigenvalue weighted by molar-refractivity contribution is 5.72. The summed E-state index contributed by atoms with van der Waals surface area (Å²) in [6.45, 7) is 6.91. The van der Waals surface area contributed by atoms with E-state index in [0.29, 0.717) is 18.0 Å². The van der Waals surface area contributed by atoms with E-state index >= 15 is 0 Å². The molecule has 0 saturated carbocycles. The van der Waals surface area contributed by atoms with Crippen molar-refractivity contribution in [2.75, 3.05) is 12.8 Å². The van der Waals surface area contributed by atoms with Crippen LogP contribution in [0.25, 0.3) is 22.5 Å². The number of ether oxygens (including phenoxy) is 2. The van der Waals surface area contributed by atoms with Crippen molar-refractivity contribution in [2.24, 2.45) is 0 Å². The fourth-order valence-corrected chi connectivity index (χ4v) is 4.48. The second kappa shape index (κ2) is 8.24. The first-order valence-corrected chi connectivity index (χ1v) is 11.1. The quantitative estimate of drug-likeness (QED) is 0.472. The molecule has 0 amide bonds. The van der Waals surface area contributed by atoms with Crippen molar-refractivity contribution in [3.8, 4) is 34.0 Å². The molecule has 7 nitrogen and oxygen atoms in total. The topological polar surface area (TPSA) is 88.1 Å². The van der Waals surface area contributed by atoms with Crippen LogP contribution < -0.4 is 15.2 Å². The second-order valence-electron chi connectivity index (χ2n) is 8.35. The van der Waals surface area contributed by atoms with Gasteiger partial charge in [0.1, 0.15) is 11.9 Å². The molecule has 4 aromatic rings. The molecule has 2 N–H and O–H groups in total. The van der Waals surface area contributed by atoms with E-state index in [1.54, 1.807) is 19.5 Å². The third-order valence-corrected chi connectivity index (χ3v) is 6.13. The van der Waals surface area contributed by atoms with Crippen LogP contribution in [0.5, 0.6) is 11.5 Å². The molecule has 0 unspecified atom stereocenters. The molecule has 2 bridgehead atoms. The Morgan fingerprint density at radius 2 is 1.97 bits per heavy atom. The molecule has 168 valence electrons. The lowest BCUT2D eigenvalue weighted by Crippen LogP contribution is -2.10. The summed E-state index contributed by atoms with van der Waals surface area (Å²) in [5, 5.41) is 4.63. The summed E-state index contributed by atoms with van der Waals surface area (Å²) in [6.07, 6.45) is 5.86. The normalized spacial score (nSPS) is 14.7. The zero-order valence-corrected chi connectivity index (χ0v) is 19.3. The monoisotopic (exact) mass is 441 g/mol. The number of rotatable bonds is 2. The van der Waals surface area contributed by atoms with Gasteiger partial charge in [0.05, 0.1) is 30.9 Å². The van der Waals surface area contributed by atoms with Crippen LogP contribution in [-0.4, -0.2) is 26.9 Å². The summed E-state index contributed by atoms with van der Waals surface area (Å²) < 4.78 is 13.9. The zero-order valence-electron chi connectivity index (χ0n) is 19.3. The molecule has 0 spiro atoms. The summed E-state index contributed by atoms with van der Waals surface area (Å²) in [4.78, 5) is 9.27. The number of aromatic nitrogens is 4. The molecular formula is C26H27N5O2. The first-order valence-electron chi connectivity index (χ1n) is 11.1. The minimum Gasteiger partial charge on any atom is -0.495 e. The third-order valence-electron chi connectivity index (χ3n) is 6.13. The molecule has 7 heteroatoms. The standard InChI is InChI=1S/C26H27N5O2/c1-5-31-25-18(13-30-31)9-17-10-20(32-4)14-28-24(17)21-7-6-15(2)8-22(21)16(3)33-23-11-19(25)12-29-26(23)27/h6-8,10-14,16H,5,9H2,1-4H3,(H2,27,29)/t16-/m1/s1. The maximum Gasteiger partial charge on any atom is 0.166 e. The Morgan fingerprint density at radius 1 is 1.12 bits per heavy atom. The Labute approximate surface area is 193 Å². The number of anilines is 1. The molecule has 1 aliphatic rings. The Bertz CT molecular complexity index is 1340. The van der Waals surface area contributed by atoms with E-state index in [0.717, 1.165) is 57.1 Å². The molecule has 33 heavy (non-hydrogen) atoms. The molecule has 1 atom stereocenters. The van der Waals surface area contributed by atoms with E-state index in [-0.39, 0.29) is 6.10 Å². The molecule has 0 fully saturated rings. The lowest BCUT2D eigenvalue weighted by Gasteiger charge is -2.22. The number of hydrogen-bond donors (Lipinski definition) is 1. The highest BCUT2D eigenvalue weighted by Gasteiger charge is 2.23. The van der Waals surface area contributed by atoms with E-state index < -0.39 is 0 Å². The highest BCUT2D eigenvalue weighted by Crippen LogP contribution is 2.39. The number of nitrogens with zero attached hydrogens (tertiary/aromatic N) is 4. The summed E-state index contributed by atoms with van der Waals surface area (Å²) in [5.41, 5.74) is 14.4. The number of aryl methyl sites for hydroxylation is 2. The molecule has 4 heterocycles. The Hall–Kier alpha value is -3.87. The first kappa shape index (κ1) is 21.0. The van der Waals surface area contributed by atoms with E-state index in [2.05, 4.69) is 48.2 Å². The Morgan fingerprint density at radius 3 is 2.76 bits per heavy atom. The predicted molar refractivity (Wildman–Crippen MR) is 128 cm³/mol. The number of benzene rings is 1. The molecule has 5 rings (SSSR count). The zero-order chi connectivity index (χ0) is 23.1. The average Bonchev–Trinajstić information content (AvgIpc) is 3.22. The van der Waals surface area contributed by atoms with Gasteiger partial charge in [0, 0.05) is 41.4 Å². The van der Waals surface area contributed by atoms with E-state index in [4.69, 9.17) is 20.2 Å².